The van der Waals surface area contributed by atoms with Gasteiger partial charge in [0.1, 0.15) is 24.1 Å². The molecule has 4 unspecified atom stereocenters. The maximum Gasteiger partial charge on any atom is 0.356 e. The molecular formula is C31H29N3O10. The van der Waals surface area contributed by atoms with Crippen LogP contribution in [0.15, 0.2) is 102 Å². The predicted octanol–water partition coefficient (Wildman–Crippen LogP) is 1.74. The number of hydrogen-bond acceptors (Lipinski definition) is 13. The standard InChI is InChI=1S/C31H29N3O10/c1-40-31(39)24(32)22(17-35)34(33)27-26(44-30(38)21-15-9-4-10-16-21)25(43-29(37)20-13-7-3-8-14-20)23(42-27)18-41-28(36)19-11-5-2-6-12-19/h2-17,23,25-27H,18,32-33H2,1H3/b24-22-. The maximum absolute atomic E-state index is 13.2. The molecule has 1 aliphatic heterocycles. The molecule has 4 atom stereocenters. The normalized spacial score (nSPS) is 19.6. The van der Waals surface area contributed by atoms with Crippen LogP contribution >= 0.6 is 0 Å². The van der Waals surface area contributed by atoms with E-state index in [-0.39, 0.29) is 23.0 Å². The third-order valence-electron chi connectivity index (χ3n) is 6.52. The summed E-state index contributed by atoms with van der Waals surface area (Å²) in [4.78, 5) is 63.3. The van der Waals surface area contributed by atoms with E-state index in [9.17, 15) is 24.0 Å². The van der Waals surface area contributed by atoms with Crippen molar-refractivity contribution in [2.45, 2.75) is 24.5 Å². The van der Waals surface area contributed by atoms with Crippen LogP contribution in [0.1, 0.15) is 31.1 Å². The molecule has 3 aromatic carbocycles. The highest BCUT2D eigenvalue weighted by Gasteiger charge is 2.53. The van der Waals surface area contributed by atoms with E-state index in [1.807, 2.05) is 0 Å². The highest BCUT2D eigenvalue weighted by molar-refractivity contribution is 5.94. The van der Waals surface area contributed by atoms with Crippen LogP contribution in [-0.2, 0) is 33.3 Å². The topological polar surface area (TPSA) is 187 Å². The van der Waals surface area contributed by atoms with Gasteiger partial charge < -0.3 is 29.4 Å². The van der Waals surface area contributed by atoms with Crippen LogP contribution in [0.3, 0.4) is 0 Å². The number of aldehydes is 1. The first-order valence-electron chi connectivity index (χ1n) is 13.2. The van der Waals surface area contributed by atoms with Crippen molar-refractivity contribution < 1.29 is 47.7 Å². The van der Waals surface area contributed by atoms with Gasteiger partial charge >= 0.3 is 23.9 Å². The first-order valence-corrected chi connectivity index (χ1v) is 13.2. The second-order valence-corrected chi connectivity index (χ2v) is 9.32. The minimum Gasteiger partial charge on any atom is -0.464 e. The van der Waals surface area contributed by atoms with Gasteiger partial charge in [-0.25, -0.2) is 25.0 Å². The van der Waals surface area contributed by atoms with Crippen molar-refractivity contribution >= 4 is 30.2 Å². The molecule has 4 rings (SSSR count). The number of benzene rings is 3. The van der Waals surface area contributed by atoms with Crippen molar-refractivity contribution in [2.24, 2.45) is 11.6 Å². The van der Waals surface area contributed by atoms with Gasteiger partial charge in [0, 0.05) is 0 Å². The smallest absolute Gasteiger partial charge is 0.356 e. The zero-order chi connectivity index (χ0) is 31.6. The Morgan fingerprint density at radius 2 is 1.23 bits per heavy atom. The van der Waals surface area contributed by atoms with E-state index in [0.29, 0.717) is 5.01 Å². The van der Waals surface area contributed by atoms with E-state index in [0.717, 1.165) is 7.11 Å². The number of nitrogens with two attached hydrogens (primary N) is 2. The van der Waals surface area contributed by atoms with E-state index in [1.54, 1.807) is 54.6 Å². The molecule has 3 aromatic rings. The number of hydrogen-bond donors (Lipinski definition) is 2. The fourth-order valence-electron chi connectivity index (χ4n) is 4.30. The Labute approximate surface area is 251 Å². The Morgan fingerprint density at radius 1 is 0.773 bits per heavy atom. The van der Waals surface area contributed by atoms with Crippen LogP contribution in [-0.4, -0.2) is 73.4 Å². The van der Waals surface area contributed by atoms with Gasteiger partial charge in [-0.1, -0.05) is 54.6 Å². The SMILES string of the molecule is COC(=O)/C(N)=C(\C=O)N(N)C1OC(COC(=O)c2ccccc2)C(OC(=O)c2ccccc2)C1OC(=O)c1ccccc1. The lowest BCUT2D eigenvalue weighted by molar-refractivity contribution is -0.137. The molecule has 4 N–H and O–H groups in total. The Bertz CT molecular complexity index is 1520. The fraction of sp³-hybridized carbons (Fsp3) is 0.194. The first kappa shape index (κ1) is 31.4. The Morgan fingerprint density at radius 3 is 1.68 bits per heavy atom. The molecule has 0 aromatic heterocycles. The molecule has 44 heavy (non-hydrogen) atoms. The van der Waals surface area contributed by atoms with E-state index in [1.165, 1.54) is 36.4 Å². The molecule has 0 saturated carbocycles. The van der Waals surface area contributed by atoms with Crippen molar-refractivity contribution in [3.05, 3.63) is 119 Å². The molecule has 228 valence electrons. The maximum atomic E-state index is 13.2. The zero-order valence-corrected chi connectivity index (χ0v) is 23.4. The largest absolute Gasteiger partial charge is 0.464 e. The van der Waals surface area contributed by atoms with Crippen LogP contribution in [0.5, 0.6) is 0 Å². The van der Waals surface area contributed by atoms with Crippen molar-refractivity contribution in [1.82, 2.24) is 5.01 Å². The van der Waals surface area contributed by atoms with Gasteiger partial charge in [-0.2, -0.15) is 0 Å². The van der Waals surface area contributed by atoms with Gasteiger partial charge in [-0.3, -0.25) is 9.80 Å². The molecule has 0 aliphatic carbocycles. The zero-order valence-electron chi connectivity index (χ0n) is 23.4. The molecule has 1 aliphatic rings. The summed E-state index contributed by atoms with van der Waals surface area (Å²) in [5.74, 6) is 2.79. The van der Waals surface area contributed by atoms with Crippen molar-refractivity contribution in [1.29, 1.82) is 0 Å². The molecule has 0 amide bonds. The van der Waals surface area contributed by atoms with Gasteiger partial charge in [-0.05, 0) is 36.4 Å². The lowest BCUT2D eigenvalue weighted by Gasteiger charge is -2.30. The minimum absolute atomic E-state index is 0.141. The summed E-state index contributed by atoms with van der Waals surface area (Å²) in [6, 6.07) is 23.9. The van der Waals surface area contributed by atoms with Gasteiger partial charge in [0.05, 0.1) is 23.8 Å². The highest BCUT2D eigenvalue weighted by Crippen LogP contribution is 2.31. The number of esters is 4. The number of hydrazine groups is 1. The second-order valence-electron chi connectivity index (χ2n) is 9.32. The number of ether oxygens (including phenoxy) is 5. The second kappa shape index (κ2) is 14.6. The first-order chi connectivity index (χ1) is 21.2. The Kier molecular flexibility index (Phi) is 10.4. The van der Waals surface area contributed by atoms with Crippen LogP contribution in [0.2, 0.25) is 0 Å². The number of carbonyl (C=O) groups excluding carboxylic acids is 5. The molecule has 1 fully saturated rings. The summed E-state index contributed by atoms with van der Waals surface area (Å²) in [6.07, 6.45) is -5.62. The molecule has 0 radical (unpaired) electrons. The quantitative estimate of drug-likeness (QED) is 0.0806. The van der Waals surface area contributed by atoms with Gasteiger partial charge in [0.2, 0.25) is 0 Å². The minimum atomic E-state index is -1.57. The lowest BCUT2D eigenvalue weighted by Crippen LogP contribution is -2.51. The summed E-state index contributed by atoms with van der Waals surface area (Å²) in [7, 11) is 1.05. The number of methoxy groups -OCH3 is 1. The number of rotatable bonds is 11. The predicted molar refractivity (Wildman–Crippen MR) is 152 cm³/mol. The van der Waals surface area contributed by atoms with Crippen molar-refractivity contribution in [2.75, 3.05) is 13.7 Å². The van der Waals surface area contributed by atoms with Crippen LogP contribution < -0.4 is 11.6 Å². The molecule has 0 bridgehead atoms. The van der Waals surface area contributed by atoms with Crippen LogP contribution in [0, 0.1) is 0 Å². The molecular weight excluding hydrogens is 574 g/mol. The summed E-state index contributed by atoms with van der Waals surface area (Å²) >= 11 is 0. The van der Waals surface area contributed by atoms with Gasteiger partial charge in [-0.15, -0.1) is 0 Å². The average molecular weight is 604 g/mol. The summed E-state index contributed by atoms with van der Waals surface area (Å²) in [5, 5.41) is 0.657. The number of allylic oxidation sites excluding steroid dienone is 1. The highest BCUT2D eigenvalue weighted by atomic mass is 16.7. The fourth-order valence-corrected chi connectivity index (χ4v) is 4.30. The third-order valence-corrected chi connectivity index (χ3v) is 6.52. The molecule has 13 heteroatoms. The molecule has 1 heterocycles. The monoisotopic (exact) mass is 603 g/mol. The van der Waals surface area contributed by atoms with Gasteiger partial charge in [0.15, 0.2) is 24.7 Å². The van der Waals surface area contributed by atoms with Crippen LogP contribution in [0.25, 0.3) is 0 Å². The number of carbonyl (C=O) groups is 5. The van der Waals surface area contributed by atoms with Crippen molar-refractivity contribution in [3.8, 4) is 0 Å². The van der Waals surface area contributed by atoms with Gasteiger partial charge in [0.25, 0.3) is 0 Å². The average Bonchev–Trinajstić information content (AvgIpc) is 3.40. The van der Waals surface area contributed by atoms with E-state index in [2.05, 4.69) is 4.74 Å². The molecule has 0 spiro atoms. The molecule has 13 nitrogen and oxygen atoms in total. The molecule has 1 saturated heterocycles. The van der Waals surface area contributed by atoms with Crippen molar-refractivity contribution in [3.63, 3.8) is 0 Å². The number of nitrogens with zero attached hydrogens (tertiary/aromatic N) is 1. The summed E-state index contributed by atoms with van der Waals surface area (Å²) < 4.78 is 27.6. The third kappa shape index (κ3) is 7.27. The van der Waals surface area contributed by atoms with Crippen LogP contribution in [0.4, 0.5) is 0 Å². The lowest BCUT2D eigenvalue weighted by atomic mass is 10.1. The Hall–Kier alpha value is -5.53. The van der Waals surface area contributed by atoms with E-state index in [4.69, 9.17) is 30.5 Å². The van der Waals surface area contributed by atoms with E-state index >= 15 is 0 Å². The van der Waals surface area contributed by atoms with E-state index < -0.39 is 66.4 Å². The summed E-state index contributed by atoms with van der Waals surface area (Å²) in [6.45, 7) is -0.489. The summed E-state index contributed by atoms with van der Waals surface area (Å²) in [5.41, 5.74) is 5.12. The Balaban J connectivity index is 1.72.